The molecule has 3 rings (SSSR count). The SMILES string of the molecule is NCc1ccc(Sc2ncnc3nc[nH]c23)c(Cl)c1. The van der Waals surface area contributed by atoms with Crippen molar-refractivity contribution in [1.82, 2.24) is 19.9 Å². The Morgan fingerprint density at radius 3 is 2.95 bits per heavy atom. The Balaban J connectivity index is 1.99. The molecule has 0 aliphatic carbocycles. The fourth-order valence-corrected chi connectivity index (χ4v) is 2.85. The van der Waals surface area contributed by atoms with E-state index in [-0.39, 0.29) is 0 Å². The number of nitrogens with zero attached hydrogens (tertiary/aromatic N) is 3. The highest BCUT2D eigenvalue weighted by Crippen LogP contribution is 2.34. The molecule has 5 nitrogen and oxygen atoms in total. The Morgan fingerprint density at radius 2 is 2.16 bits per heavy atom. The second kappa shape index (κ2) is 5.16. The summed E-state index contributed by atoms with van der Waals surface area (Å²) in [7, 11) is 0. The minimum absolute atomic E-state index is 0.475. The summed E-state index contributed by atoms with van der Waals surface area (Å²) in [4.78, 5) is 16.4. The minimum atomic E-state index is 0.475. The molecule has 19 heavy (non-hydrogen) atoms. The molecule has 0 aliphatic rings. The molecule has 0 atom stereocenters. The van der Waals surface area contributed by atoms with Crippen molar-refractivity contribution in [3.05, 3.63) is 41.4 Å². The second-order valence-corrected chi connectivity index (χ2v) is 5.29. The largest absolute Gasteiger partial charge is 0.341 e. The highest BCUT2D eigenvalue weighted by Gasteiger charge is 2.10. The lowest BCUT2D eigenvalue weighted by Crippen LogP contribution is -1.95. The van der Waals surface area contributed by atoms with Crippen LogP contribution in [0, 0.1) is 0 Å². The van der Waals surface area contributed by atoms with Gasteiger partial charge in [-0.25, -0.2) is 15.0 Å². The van der Waals surface area contributed by atoms with Gasteiger partial charge in [0.05, 0.1) is 11.3 Å². The Labute approximate surface area is 118 Å². The van der Waals surface area contributed by atoms with E-state index < -0.39 is 0 Å². The average molecular weight is 292 g/mol. The maximum Gasteiger partial charge on any atom is 0.181 e. The van der Waals surface area contributed by atoms with E-state index in [4.69, 9.17) is 17.3 Å². The molecule has 96 valence electrons. The van der Waals surface area contributed by atoms with E-state index in [1.54, 1.807) is 6.33 Å². The van der Waals surface area contributed by atoms with Crippen LogP contribution in [0.15, 0.2) is 40.8 Å². The molecule has 0 unspecified atom stereocenters. The molecular weight excluding hydrogens is 282 g/mol. The van der Waals surface area contributed by atoms with Gasteiger partial charge in [-0.1, -0.05) is 29.4 Å². The van der Waals surface area contributed by atoms with Crippen molar-refractivity contribution in [2.75, 3.05) is 0 Å². The Morgan fingerprint density at radius 1 is 1.26 bits per heavy atom. The van der Waals surface area contributed by atoms with Crippen LogP contribution in [0.2, 0.25) is 5.02 Å². The van der Waals surface area contributed by atoms with Crippen LogP contribution in [0.4, 0.5) is 0 Å². The summed E-state index contributed by atoms with van der Waals surface area (Å²) in [6.07, 6.45) is 3.09. The Kier molecular flexibility index (Phi) is 3.37. The van der Waals surface area contributed by atoms with Crippen LogP contribution >= 0.6 is 23.4 Å². The number of aromatic amines is 1. The topological polar surface area (TPSA) is 80.5 Å². The number of nitrogens with one attached hydrogen (secondary N) is 1. The fourth-order valence-electron chi connectivity index (χ4n) is 1.68. The van der Waals surface area contributed by atoms with E-state index in [0.717, 1.165) is 21.0 Å². The lowest BCUT2D eigenvalue weighted by Gasteiger charge is -2.05. The van der Waals surface area contributed by atoms with E-state index in [1.807, 2.05) is 18.2 Å². The number of nitrogens with two attached hydrogens (primary N) is 1. The molecule has 0 spiro atoms. The van der Waals surface area contributed by atoms with Gasteiger partial charge in [0.15, 0.2) is 5.65 Å². The van der Waals surface area contributed by atoms with Crippen LogP contribution in [0.25, 0.3) is 11.2 Å². The number of aromatic nitrogens is 4. The van der Waals surface area contributed by atoms with Gasteiger partial charge in [0, 0.05) is 11.4 Å². The van der Waals surface area contributed by atoms with Crippen molar-refractivity contribution in [2.24, 2.45) is 5.73 Å². The summed E-state index contributed by atoms with van der Waals surface area (Å²) in [5, 5.41) is 1.46. The zero-order chi connectivity index (χ0) is 13.2. The Bertz CT molecular complexity index is 727. The van der Waals surface area contributed by atoms with Gasteiger partial charge >= 0.3 is 0 Å². The molecule has 0 saturated carbocycles. The summed E-state index contributed by atoms with van der Waals surface area (Å²) in [6, 6.07) is 5.77. The average Bonchev–Trinajstić information content (AvgIpc) is 2.90. The standard InChI is InChI=1S/C12H10ClN5S/c13-8-3-7(4-14)1-2-9(8)19-12-10-11(16-5-15-10)17-6-18-12/h1-3,5-6H,4,14H2,(H,15,16,17,18). The molecule has 1 aromatic carbocycles. The number of halogens is 1. The minimum Gasteiger partial charge on any atom is -0.341 e. The zero-order valence-electron chi connectivity index (χ0n) is 9.80. The van der Waals surface area contributed by atoms with Crippen LogP contribution in [-0.4, -0.2) is 19.9 Å². The van der Waals surface area contributed by atoms with Gasteiger partial charge in [0.25, 0.3) is 0 Å². The van der Waals surface area contributed by atoms with Crippen LogP contribution in [0.3, 0.4) is 0 Å². The number of imidazole rings is 1. The summed E-state index contributed by atoms with van der Waals surface area (Å²) in [6.45, 7) is 0.475. The molecular formula is C12H10ClN5S. The van der Waals surface area contributed by atoms with Crippen LogP contribution < -0.4 is 5.73 Å². The van der Waals surface area contributed by atoms with Crippen molar-refractivity contribution in [3.63, 3.8) is 0 Å². The number of hydrogen-bond donors (Lipinski definition) is 2. The summed E-state index contributed by atoms with van der Waals surface area (Å²) >= 11 is 7.71. The summed E-state index contributed by atoms with van der Waals surface area (Å²) in [5.74, 6) is 0. The van der Waals surface area contributed by atoms with Gasteiger partial charge in [-0.05, 0) is 17.7 Å². The zero-order valence-corrected chi connectivity index (χ0v) is 11.4. The third kappa shape index (κ3) is 2.42. The van der Waals surface area contributed by atoms with Crippen molar-refractivity contribution < 1.29 is 0 Å². The van der Waals surface area contributed by atoms with Crippen molar-refractivity contribution in [3.8, 4) is 0 Å². The molecule has 0 saturated heterocycles. The molecule has 0 radical (unpaired) electrons. The van der Waals surface area contributed by atoms with Crippen molar-refractivity contribution in [1.29, 1.82) is 0 Å². The molecule has 7 heteroatoms. The smallest absolute Gasteiger partial charge is 0.181 e. The number of fused-ring (bicyclic) bond motifs is 1. The van der Waals surface area contributed by atoms with Gasteiger partial charge in [-0.2, -0.15) is 0 Å². The van der Waals surface area contributed by atoms with Crippen molar-refractivity contribution >= 4 is 34.5 Å². The number of H-pyrrole nitrogens is 1. The van der Waals surface area contributed by atoms with Crippen LogP contribution in [-0.2, 0) is 6.54 Å². The molecule has 0 bridgehead atoms. The van der Waals surface area contributed by atoms with E-state index >= 15 is 0 Å². The van der Waals surface area contributed by atoms with E-state index in [2.05, 4.69) is 19.9 Å². The van der Waals surface area contributed by atoms with E-state index in [9.17, 15) is 0 Å². The lowest BCUT2D eigenvalue weighted by atomic mass is 10.2. The highest BCUT2D eigenvalue weighted by atomic mass is 35.5. The predicted octanol–water partition coefficient (Wildman–Crippen LogP) is 2.62. The van der Waals surface area contributed by atoms with Crippen molar-refractivity contribution in [2.45, 2.75) is 16.5 Å². The lowest BCUT2D eigenvalue weighted by molar-refractivity contribution is 1.06. The first-order chi connectivity index (χ1) is 9.28. The molecule has 0 aliphatic heterocycles. The van der Waals surface area contributed by atoms with Gasteiger partial charge in [-0.15, -0.1) is 0 Å². The van der Waals surface area contributed by atoms with Crippen LogP contribution in [0.1, 0.15) is 5.56 Å². The number of rotatable bonds is 3. The van der Waals surface area contributed by atoms with Crippen LogP contribution in [0.5, 0.6) is 0 Å². The first-order valence-corrected chi connectivity index (χ1v) is 6.78. The maximum absolute atomic E-state index is 6.24. The molecule has 2 aromatic heterocycles. The van der Waals surface area contributed by atoms with Gasteiger partial charge < -0.3 is 10.7 Å². The van der Waals surface area contributed by atoms with E-state index in [0.29, 0.717) is 17.2 Å². The van der Waals surface area contributed by atoms with Gasteiger partial charge in [-0.3, -0.25) is 0 Å². The maximum atomic E-state index is 6.24. The highest BCUT2D eigenvalue weighted by molar-refractivity contribution is 7.99. The molecule has 3 N–H and O–H groups in total. The quantitative estimate of drug-likeness (QED) is 0.725. The number of benzene rings is 1. The molecule has 0 fully saturated rings. The van der Waals surface area contributed by atoms with E-state index in [1.165, 1.54) is 18.1 Å². The van der Waals surface area contributed by atoms with Gasteiger partial charge in [0.2, 0.25) is 0 Å². The number of hydrogen-bond acceptors (Lipinski definition) is 5. The first-order valence-electron chi connectivity index (χ1n) is 5.58. The predicted molar refractivity (Wildman–Crippen MR) is 75.2 cm³/mol. The normalized spacial score (nSPS) is 11.1. The first kappa shape index (κ1) is 12.4. The second-order valence-electron chi connectivity index (χ2n) is 3.85. The summed E-state index contributed by atoms with van der Waals surface area (Å²) in [5.41, 5.74) is 8.04. The van der Waals surface area contributed by atoms with Gasteiger partial charge in [0.1, 0.15) is 16.9 Å². The summed E-state index contributed by atoms with van der Waals surface area (Å²) < 4.78 is 0. The molecule has 2 heterocycles. The monoisotopic (exact) mass is 291 g/mol. The fraction of sp³-hybridized carbons (Fsp3) is 0.0833. The third-order valence-corrected chi connectivity index (χ3v) is 4.13. The third-order valence-electron chi connectivity index (χ3n) is 2.63. The molecule has 0 amide bonds. The molecule has 3 aromatic rings. The Hall–Kier alpha value is -1.63.